The van der Waals surface area contributed by atoms with E-state index in [4.69, 9.17) is 9.47 Å². The van der Waals surface area contributed by atoms with Crippen molar-refractivity contribution in [2.45, 2.75) is 138 Å². The lowest BCUT2D eigenvalue weighted by atomic mass is 9.62. The first-order valence-electron chi connectivity index (χ1n) is 17.2. The molecule has 4 rings (SSSR count). The maximum absolute atomic E-state index is 14.8. The van der Waals surface area contributed by atoms with Crippen LogP contribution in [0.5, 0.6) is 0 Å². The Morgan fingerprint density at radius 2 is 0.917 bits per heavy atom. The van der Waals surface area contributed by atoms with E-state index in [1.54, 1.807) is 18.6 Å². The molecule has 0 aromatic carbocycles. The smallest absolute Gasteiger partial charge is 0.336 e. The standard InChI is InChI=1S/C36H54N6O6/c1-31(2)10-25(13-34(7,16-31)19-39-24-43)40-28(44)41(26-11-32(3,4)17-35(8,14-26)20-47-22-37)30(46)42(29(40)45)27-12-33(5,6)18-36(9,15-27)21-48-23-38/h25-27H,10-21H2,1-9H3. The van der Waals surface area contributed by atoms with Crippen LogP contribution in [0.25, 0.3) is 0 Å². The summed E-state index contributed by atoms with van der Waals surface area (Å²) in [6.07, 6.45) is 10.3. The number of rotatable bonds is 9. The van der Waals surface area contributed by atoms with Gasteiger partial charge in [-0.05, 0) is 79.4 Å². The third kappa shape index (κ3) is 7.97. The summed E-state index contributed by atoms with van der Waals surface area (Å²) in [5.41, 5.74) is -4.17. The minimum Gasteiger partial charge on any atom is -0.427 e. The van der Waals surface area contributed by atoms with Crippen LogP contribution in [-0.4, -0.2) is 39.5 Å². The molecule has 6 atom stereocenters. The van der Waals surface area contributed by atoms with Gasteiger partial charge in [-0.1, -0.05) is 62.3 Å². The molecular weight excluding hydrogens is 612 g/mol. The molecule has 264 valence electrons. The number of carbonyl (C=O) groups excluding carboxylic acids is 1. The first-order chi connectivity index (χ1) is 22.1. The van der Waals surface area contributed by atoms with Crippen LogP contribution in [0.15, 0.2) is 19.4 Å². The summed E-state index contributed by atoms with van der Waals surface area (Å²) in [4.78, 5) is 59.5. The number of hydrogen-bond donors (Lipinski definition) is 0. The van der Waals surface area contributed by atoms with Crippen LogP contribution in [0.4, 0.5) is 0 Å². The molecule has 12 heteroatoms. The zero-order valence-electron chi connectivity index (χ0n) is 30.4. The van der Waals surface area contributed by atoms with Crippen LogP contribution in [0, 0.1) is 55.5 Å². The van der Waals surface area contributed by atoms with Crippen molar-refractivity contribution in [1.29, 1.82) is 10.5 Å². The van der Waals surface area contributed by atoms with Gasteiger partial charge >= 0.3 is 17.1 Å². The van der Waals surface area contributed by atoms with Crippen molar-refractivity contribution in [2.75, 3.05) is 19.8 Å². The third-order valence-corrected chi connectivity index (χ3v) is 11.1. The highest BCUT2D eigenvalue weighted by Crippen LogP contribution is 2.53. The highest BCUT2D eigenvalue weighted by atomic mass is 16.5. The van der Waals surface area contributed by atoms with Gasteiger partial charge in [0.15, 0.2) is 0 Å². The van der Waals surface area contributed by atoms with Gasteiger partial charge in [-0.15, -0.1) is 0 Å². The second kappa shape index (κ2) is 13.0. The average Bonchev–Trinajstić information content (AvgIpc) is 2.91. The van der Waals surface area contributed by atoms with Crippen molar-refractivity contribution in [3.05, 3.63) is 31.5 Å². The normalized spacial score (nSPS) is 33.8. The summed E-state index contributed by atoms with van der Waals surface area (Å²) in [6.45, 7) is 19.2. The van der Waals surface area contributed by atoms with Gasteiger partial charge < -0.3 is 9.47 Å². The molecule has 6 unspecified atom stereocenters. The lowest BCUT2D eigenvalue weighted by Gasteiger charge is -2.48. The number of nitrogens with zero attached hydrogens (tertiary/aromatic N) is 6. The van der Waals surface area contributed by atoms with Crippen LogP contribution in [0.1, 0.15) is 138 Å². The van der Waals surface area contributed by atoms with Crippen molar-refractivity contribution >= 4 is 6.08 Å². The number of aliphatic imine (C=N–C) groups is 1. The van der Waals surface area contributed by atoms with E-state index in [-0.39, 0.29) is 36.0 Å². The SMILES string of the molecule is CC1(C)CC(n2c(=O)n(C3CC(C)(C)CC(C)(COC#N)C3)c(=O)n(C3CC(C)(C)CC(C)(COC#N)C3)c2=O)CC(C)(CN=C=O)C1. The Morgan fingerprint density at radius 1 is 0.604 bits per heavy atom. The minimum atomic E-state index is -0.623. The van der Waals surface area contributed by atoms with Crippen molar-refractivity contribution in [2.24, 2.45) is 37.5 Å². The summed E-state index contributed by atoms with van der Waals surface area (Å²) < 4.78 is 14.4. The fourth-order valence-electron chi connectivity index (χ4n) is 10.8. The second-order valence-corrected chi connectivity index (χ2v) is 18.8. The zero-order chi connectivity index (χ0) is 35.9. The Bertz CT molecular complexity index is 1610. The fourth-order valence-corrected chi connectivity index (χ4v) is 10.8. The molecule has 3 aliphatic rings. The average molecular weight is 667 g/mol. The van der Waals surface area contributed by atoms with Gasteiger partial charge in [0.05, 0.1) is 6.54 Å². The summed E-state index contributed by atoms with van der Waals surface area (Å²) in [7, 11) is 0. The summed E-state index contributed by atoms with van der Waals surface area (Å²) >= 11 is 0. The molecule has 48 heavy (non-hydrogen) atoms. The number of hydrogen-bond acceptors (Lipinski definition) is 9. The molecule has 12 nitrogen and oxygen atoms in total. The van der Waals surface area contributed by atoms with Gasteiger partial charge in [0.2, 0.25) is 6.08 Å². The second-order valence-electron chi connectivity index (χ2n) is 18.8. The molecule has 3 saturated carbocycles. The first kappa shape index (κ1) is 37.2. The van der Waals surface area contributed by atoms with Crippen molar-refractivity contribution in [1.82, 2.24) is 13.7 Å². The maximum atomic E-state index is 14.8. The maximum Gasteiger partial charge on any atom is 0.336 e. The molecule has 1 aromatic rings. The minimum absolute atomic E-state index is 0.159. The lowest BCUT2D eigenvalue weighted by molar-refractivity contribution is -0.000127. The fraction of sp³-hybridized carbons (Fsp3) is 0.833. The molecule has 1 aromatic heterocycles. The van der Waals surface area contributed by atoms with Crippen molar-refractivity contribution in [3.8, 4) is 12.5 Å². The Morgan fingerprint density at radius 3 is 1.23 bits per heavy atom. The lowest BCUT2D eigenvalue weighted by Crippen LogP contribution is -2.60. The zero-order valence-corrected chi connectivity index (χ0v) is 30.4. The van der Waals surface area contributed by atoms with E-state index in [1.807, 2.05) is 20.8 Å². The van der Waals surface area contributed by atoms with Gasteiger partial charge in [0.25, 0.3) is 12.5 Å². The van der Waals surface area contributed by atoms with Crippen LogP contribution in [-0.2, 0) is 14.3 Å². The number of ether oxygens (including phenoxy) is 2. The molecule has 3 fully saturated rings. The Balaban J connectivity index is 1.99. The molecule has 0 bridgehead atoms. The Labute approximate surface area is 283 Å². The van der Waals surface area contributed by atoms with E-state index in [1.165, 1.54) is 13.7 Å². The highest BCUT2D eigenvalue weighted by molar-refractivity contribution is 5.33. The molecule has 0 radical (unpaired) electrons. The number of aromatic nitrogens is 3. The molecule has 3 aliphatic carbocycles. The Kier molecular flexibility index (Phi) is 10.1. The highest BCUT2D eigenvalue weighted by Gasteiger charge is 2.48. The van der Waals surface area contributed by atoms with Gasteiger partial charge in [-0.2, -0.15) is 10.5 Å². The van der Waals surface area contributed by atoms with Crippen LogP contribution >= 0.6 is 0 Å². The summed E-state index contributed by atoms with van der Waals surface area (Å²) in [5.74, 6) is 0. The van der Waals surface area contributed by atoms with Gasteiger partial charge in [0, 0.05) is 29.0 Å². The summed E-state index contributed by atoms with van der Waals surface area (Å²) in [5, 5.41) is 18.4. The molecular formula is C36H54N6O6. The van der Waals surface area contributed by atoms with E-state index in [0.29, 0.717) is 38.5 Å². The van der Waals surface area contributed by atoms with Crippen LogP contribution in [0.2, 0.25) is 0 Å². The largest absolute Gasteiger partial charge is 0.427 e. The van der Waals surface area contributed by atoms with Gasteiger partial charge in [0.1, 0.15) is 13.2 Å². The summed E-state index contributed by atoms with van der Waals surface area (Å²) in [6, 6.07) is -1.60. The molecule has 0 saturated heterocycles. The van der Waals surface area contributed by atoms with E-state index < -0.39 is 51.4 Å². The van der Waals surface area contributed by atoms with Crippen molar-refractivity contribution in [3.63, 3.8) is 0 Å². The van der Waals surface area contributed by atoms with E-state index >= 15 is 0 Å². The Hall–Kier alpha value is -3.63. The van der Waals surface area contributed by atoms with Gasteiger partial charge in [-0.3, -0.25) is 0 Å². The van der Waals surface area contributed by atoms with E-state index in [9.17, 15) is 29.7 Å². The molecule has 0 amide bonds. The predicted molar refractivity (Wildman–Crippen MR) is 180 cm³/mol. The first-order valence-corrected chi connectivity index (χ1v) is 17.2. The molecule has 0 aliphatic heterocycles. The van der Waals surface area contributed by atoms with Crippen molar-refractivity contribution < 1.29 is 14.3 Å². The van der Waals surface area contributed by atoms with Crippen LogP contribution < -0.4 is 17.1 Å². The molecule has 1 heterocycles. The quantitative estimate of drug-likeness (QED) is 0.182. The topological polar surface area (TPSA) is 161 Å². The van der Waals surface area contributed by atoms with Crippen LogP contribution in [0.3, 0.4) is 0 Å². The predicted octanol–water partition coefficient (Wildman–Crippen LogP) is 5.78. The molecule has 0 N–H and O–H groups in total. The molecule has 0 spiro atoms. The van der Waals surface area contributed by atoms with Gasteiger partial charge in [-0.25, -0.2) is 37.9 Å². The third-order valence-electron chi connectivity index (χ3n) is 11.1. The monoisotopic (exact) mass is 666 g/mol. The van der Waals surface area contributed by atoms with E-state index in [2.05, 4.69) is 46.5 Å². The number of isocyanates is 1. The van der Waals surface area contributed by atoms with E-state index in [0.717, 1.165) is 19.3 Å². The number of nitriles is 2.